The van der Waals surface area contributed by atoms with Gasteiger partial charge in [-0.3, -0.25) is 13.8 Å². The van der Waals surface area contributed by atoms with E-state index in [9.17, 15) is 19.4 Å². The molecule has 3 atom stereocenters. The highest BCUT2D eigenvalue weighted by atomic mass is 31.2. The monoisotopic (exact) mass is 954 g/mol. The molecule has 0 radical (unpaired) electrons. The predicted octanol–water partition coefficient (Wildman–Crippen LogP) is 16.0. The molecule has 0 aromatic rings. The van der Waals surface area contributed by atoms with E-state index in [-0.39, 0.29) is 19.1 Å². The second-order valence-corrected chi connectivity index (χ2v) is 20.3. The average molecular weight is 954 g/mol. The lowest BCUT2D eigenvalue weighted by Gasteiger charge is -2.26. The van der Waals surface area contributed by atoms with Crippen LogP contribution < -0.4 is 5.32 Å². The van der Waals surface area contributed by atoms with Gasteiger partial charge in [-0.05, 0) is 83.5 Å². The van der Waals surface area contributed by atoms with Crippen molar-refractivity contribution in [3.05, 3.63) is 109 Å². The molecule has 3 unspecified atom stereocenters. The largest absolute Gasteiger partial charge is 0.472 e. The minimum absolute atomic E-state index is 0.0680. The van der Waals surface area contributed by atoms with Crippen molar-refractivity contribution in [2.45, 2.75) is 212 Å². The van der Waals surface area contributed by atoms with Crippen molar-refractivity contribution < 1.29 is 32.9 Å². The van der Waals surface area contributed by atoms with Crippen molar-refractivity contribution in [3.8, 4) is 0 Å². The van der Waals surface area contributed by atoms with E-state index < -0.39 is 20.0 Å². The molecule has 0 bridgehead atoms. The van der Waals surface area contributed by atoms with Crippen molar-refractivity contribution in [2.75, 3.05) is 40.9 Å². The average Bonchev–Trinajstić information content (AvgIpc) is 3.29. The number of aliphatic hydroxyl groups is 1. The second-order valence-electron chi connectivity index (χ2n) is 18.9. The molecule has 0 saturated carbocycles. The molecule has 0 aliphatic rings. The van der Waals surface area contributed by atoms with Crippen molar-refractivity contribution >= 4 is 13.7 Å². The fourth-order valence-corrected chi connectivity index (χ4v) is 7.83. The Morgan fingerprint density at radius 3 is 1.31 bits per heavy atom. The molecule has 0 heterocycles. The second kappa shape index (κ2) is 48.2. The first-order valence-electron chi connectivity index (χ1n) is 26.8. The number of phosphoric ester groups is 1. The normalized spacial score (nSPS) is 14.9. The quantitative estimate of drug-likeness (QED) is 0.0243. The van der Waals surface area contributed by atoms with Crippen molar-refractivity contribution in [1.29, 1.82) is 0 Å². The van der Waals surface area contributed by atoms with Gasteiger partial charge in [-0.1, -0.05) is 220 Å². The molecule has 0 saturated heterocycles. The first-order chi connectivity index (χ1) is 32.5. The van der Waals surface area contributed by atoms with Gasteiger partial charge >= 0.3 is 7.82 Å². The third-order valence-corrected chi connectivity index (χ3v) is 12.3. The summed E-state index contributed by atoms with van der Waals surface area (Å²) in [5, 5.41) is 13.9. The maximum absolute atomic E-state index is 12.9. The molecule has 0 aromatic carbocycles. The Hall–Kier alpha value is -2.84. The summed E-state index contributed by atoms with van der Waals surface area (Å²) >= 11 is 0. The van der Waals surface area contributed by atoms with E-state index in [4.69, 9.17) is 9.05 Å². The Kier molecular flexibility index (Phi) is 46.2. The van der Waals surface area contributed by atoms with Gasteiger partial charge in [-0.2, -0.15) is 0 Å². The maximum atomic E-state index is 12.9. The Morgan fingerprint density at radius 2 is 0.896 bits per heavy atom. The number of carbonyl (C=O) groups excluding carboxylic acids is 1. The summed E-state index contributed by atoms with van der Waals surface area (Å²) in [6, 6.07) is -0.768. The smallest absolute Gasteiger partial charge is 0.391 e. The fourth-order valence-electron chi connectivity index (χ4n) is 7.10. The first-order valence-corrected chi connectivity index (χ1v) is 28.2. The summed E-state index contributed by atoms with van der Waals surface area (Å²) < 4.78 is 23.6. The molecular weight excluding hydrogens is 852 g/mol. The van der Waals surface area contributed by atoms with Crippen LogP contribution in [0, 0.1) is 0 Å². The zero-order chi connectivity index (χ0) is 49.2. The molecule has 384 valence electrons. The topological polar surface area (TPSA) is 105 Å². The number of hydrogen-bond donors (Lipinski definition) is 3. The number of rotatable bonds is 47. The summed E-state index contributed by atoms with van der Waals surface area (Å²) in [6.07, 6.45) is 70.1. The number of quaternary nitrogens is 1. The summed E-state index contributed by atoms with van der Waals surface area (Å²) in [4.78, 5) is 23.1. The molecule has 0 spiro atoms. The Labute approximate surface area is 412 Å². The molecule has 0 aliphatic heterocycles. The molecule has 8 nitrogen and oxygen atoms in total. The zero-order valence-corrected chi connectivity index (χ0v) is 44.5. The van der Waals surface area contributed by atoms with Crippen molar-refractivity contribution in [1.82, 2.24) is 5.32 Å². The predicted molar refractivity (Wildman–Crippen MR) is 290 cm³/mol. The minimum atomic E-state index is -4.32. The van der Waals surface area contributed by atoms with Gasteiger partial charge in [0, 0.05) is 6.42 Å². The molecule has 0 aliphatic carbocycles. The van der Waals surface area contributed by atoms with E-state index in [1.54, 1.807) is 0 Å². The van der Waals surface area contributed by atoms with Crippen LogP contribution in [0.1, 0.15) is 200 Å². The molecule has 67 heavy (non-hydrogen) atoms. The van der Waals surface area contributed by atoms with Gasteiger partial charge in [-0.15, -0.1) is 0 Å². The van der Waals surface area contributed by atoms with Crippen LogP contribution in [0.15, 0.2) is 109 Å². The molecule has 9 heteroatoms. The van der Waals surface area contributed by atoms with Crippen LogP contribution in [0.2, 0.25) is 0 Å². The number of unbranched alkanes of at least 4 members (excludes halogenated alkanes) is 16. The molecule has 0 aromatic heterocycles. The van der Waals surface area contributed by atoms with Crippen LogP contribution in [0.4, 0.5) is 0 Å². The van der Waals surface area contributed by atoms with Gasteiger partial charge in [0.25, 0.3) is 0 Å². The highest BCUT2D eigenvalue weighted by Crippen LogP contribution is 2.43. The van der Waals surface area contributed by atoms with Gasteiger partial charge in [-0.25, -0.2) is 4.57 Å². The lowest BCUT2D eigenvalue weighted by molar-refractivity contribution is -0.870. The number of likely N-dealkylation sites (N-methyl/N-ethyl adjacent to an activating group) is 1. The number of aliphatic hydroxyl groups excluding tert-OH is 1. The number of hydrogen-bond acceptors (Lipinski definition) is 5. The number of nitrogens with one attached hydrogen (secondary N) is 1. The van der Waals surface area contributed by atoms with E-state index in [2.05, 4.69) is 129 Å². The van der Waals surface area contributed by atoms with Crippen LogP contribution in [0.3, 0.4) is 0 Å². The van der Waals surface area contributed by atoms with Gasteiger partial charge in [0.1, 0.15) is 13.2 Å². The first kappa shape index (κ1) is 64.2. The van der Waals surface area contributed by atoms with Gasteiger partial charge in [0.2, 0.25) is 5.91 Å². The number of nitrogens with zero attached hydrogens (tertiary/aromatic N) is 1. The van der Waals surface area contributed by atoms with E-state index in [0.717, 1.165) is 103 Å². The number of phosphoric acid groups is 1. The molecule has 0 fully saturated rings. The third-order valence-electron chi connectivity index (χ3n) is 11.3. The lowest BCUT2D eigenvalue weighted by Crippen LogP contribution is -2.46. The molecule has 0 rings (SSSR count). The Balaban J connectivity index is 4.03. The van der Waals surface area contributed by atoms with Crippen LogP contribution in [-0.4, -0.2) is 73.4 Å². The SMILES string of the molecule is CC/C=C\C/C=C\C/C=C\C/C=C\C/C=C\C/C=C\C/C=C\C/C=C\C/C=C\CCCCCCCCCCCC(=O)NC(COP(=O)(O)OCC[N+](C)(C)C)C(O)CCCCCCCCCC. The van der Waals surface area contributed by atoms with E-state index in [1.165, 1.54) is 70.6 Å². The summed E-state index contributed by atoms with van der Waals surface area (Å²) in [7, 11) is 1.59. The van der Waals surface area contributed by atoms with Crippen molar-refractivity contribution in [3.63, 3.8) is 0 Å². The minimum Gasteiger partial charge on any atom is -0.391 e. The molecular formula is C58H102N2O6P+. The number of allylic oxidation sites excluding steroid dienone is 18. The van der Waals surface area contributed by atoms with Gasteiger partial charge in [0.15, 0.2) is 0 Å². The van der Waals surface area contributed by atoms with E-state index in [0.29, 0.717) is 23.9 Å². The number of amides is 1. The highest BCUT2D eigenvalue weighted by Gasteiger charge is 2.28. The summed E-state index contributed by atoms with van der Waals surface area (Å²) in [5.74, 6) is -0.159. The van der Waals surface area contributed by atoms with Crippen LogP contribution >= 0.6 is 7.82 Å². The standard InChI is InChI=1S/C58H101N2O6P/c1-6-8-10-12-14-16-17-18-19-20-21-22-23-24-25-26-27-28-29-30-31-32-33-34-35-36-37-38-39-40-41-42-43-44-46-48-50-52-58(62)59-56(55-66-67(63,64)65-54-53-60(3,4)5)57(61)51-49-47-45-15-13-11-9-7-2/h8,10,14,16,18-19,21-22,24-25,27-28,30-31,33-34,36-37,56-57,61H,6-7,9,11-13,15,17,20,23,26,29,32,35,38-55H2,1-5H3,(H-,59,62,63,64)/p+1/b10-8-,16-14-,19-18-,22-21-,25-24-,28-27-,31-30-,34-33-,37-36-. The zero-order valence-electron chi connectivity index (χ0n) is 43.6. The van der Waals surface area contributed by atoms with E-state index >= 15 is 0 Å². The molecule has 3 N–H and O–H groups in total. The van der Waals surface area contributed by atoms with Crippen molar-refractivity contribution in [2.24, 2.45) is 0 Å². The Morgan fingerprint density at radius 1 is 0.522 bits per heavy atom. The van der Waals surface area contributed by atoms with Crippen LogP contribution in [-0.2, 0) is 18.4 Å². The van der Waals surface area contributed by atoms with Gasteiger partial charge in [0.05, 0.1) is 39.9 Å². The third kappa shape index (κ3) is 50.9. The van der Waals surface area contributed by atoms with Gasteiger partial charge < -0.3 is 19.8 Å². The lowest BCUT2D eigenvalue weighted by atomic mass is 10.0. The fraction of sp³-hybridized carbons (Fsp3) is 0.672. The Bertz CT molecular complexity index is 1450. The maximum Gasteiger partial charge on any atom is 0.472 e. The highest BCUT2D eigenvalue weighted by molar-refractivity contribution is 7.47. The summed E-state index contributed by atoms with van der Waals surface area (Å²) in [6.45, 7) is 4.71. The number of carbonyl (C=O) groups is 1. The molecule has 1 amide bonds. The van der Waals surface area contributed by atoms with Crippen LogP contribution in [0.25, 0.3) is 0 Å². The summed E-state index contributed by atoms with van der Waals surface area (Å²) in [5.41, 5.74) is 0. The van der Waals surface area contributed by atoms with E-state index in [1.807, 2.05) is 21.1 Å². The van der Waals surface area contributed by atoms with Crippen LogP contribution in [0.5, 0.6) is 0 Å².